The Morgan fingerprint density at radius 1 is 1.47 bits per heavy atom. The molecule has 0 aromatic carbocycles. The molecule has 0 amide bonds. The lowest BCUT2D eigenvalue weighted by Crippen LogP contribution is -2.42. The van der Waals surface area contributed by atoms with Crippen LogP contribution in [0.4, 0.5) is 0 Å². The molecule has 1 N–H and O–H groups in total. The molecule has 1 aromatic rings. The Morgan fingerprint density at radius 3 is 2.47 bits per heavy atom. The number of halogens is 1. The molecule has 5 nitrogen and oxygen atoms in total. The van der Waals surface area contributed by atoms with E-state index in [0.717, 1.165) is 22.4 Å². The maximum absolute atomic E-state index is 11.7. The Balaban J connectivity index is 3.06. The molecule has 0 aliphatic carbocycles. The third-order valence-corrected chi connectivity index (χ3v) is 6.19. The van der Waals surface area contributed by atoms with Crippen LogP contribution >= 0.6 is 15.9 Å². The third kappa shape index (κ3) is 3.79. The number of aromatic nitrogens is 2. The predicted molar refractivity (Wildman–Crippen MR) is 81.2 cm³/mol. The minimum Gasteiger partial charge on any atom is -0.315 e. The van der Waals surface area contributed by atoms with Gasteiger partial charge in [-0.1, -0.05) is 0 Å². The number of nitrogens with zero attached hydrogens (tertiary/aromatic N) is 2. The molecule has 0 spiro atoms. The minimum atomic E-state index is -3.07. The van der Waals surface area contributed by atoms with Gasteiger partial charge in [-0.25, -0.2) is 8.42 Å². The van der Waals surface area contributed by atoms with Crippen LogP contribution < -0.4 is 5.32 Å². The average molecular weight is 352 g/mol. The van der Waals surface area contributed by atoms with Gasteiger partial charge in [0.05, 0.1) is 21.1 Å². The number of hydrogen-bond donors (Lipinski definition) is 1. The Kier molecular flexibility index (Phi) is 5.58. The molecule has 19 heavy (non-hydrogen) atoms. The van der Waals surface area contributed by atoms with Crippen molar-refractivity contribution in [2.24, 2.45) is 0 Å². The second kappa shape index (κ2) is 6.37. The third-order valence-electron chi connectivity index (χ3n) is 3.48. The Labute approximate surface area is 123 Å². The van der Waals surface area contributed by atoms with Crippen LogP contribution in [-0.2, 0) is 22.8 Å². The molecule has 2 unspecified atom stereocenters. The van der Waals surface area contributed by atoms with Gasteiger partial charge in [0.2, 0.25) is 0 Å². The largest absolute Gasteiger partial charge is 0.315 e. The van der Waals surface area contributed by atoms with Gasteiger partial charge < -0.3 is 5.32 Å². The summed E-state index contributed by atoms with van der Waals surface area (Å²) in [5.74, 6) is 0. The summed E-state index contributed by atoms with van der Waals surface area (Å²) in [5.41, 5.74) is 1.97. The summed E-state index contributed by atoms with van der Waals surface area (Å²) in [6.45, 7) is 6.47. The molecule has 0 radical (unpaired) electrons. The van der Waals surface area contributed by atoms with Gasteiger partial charge in [-0.15, -0.1) is 0 Å². The first kappa shape index (κ1) is 16.7. The summed E-state index contributed by atoms with van der Waals surface area (Å²) < 4.78 is 26.3. The van der Waals surface area contributed by atoms with E-state index < -0.39 is 15.1 Å². The van der Waals surface area contributed by atoms with Crippen molar-refractivity contribution < 1.29 is 8.42 Å². The number of aryl methyl sites for hydroxylation is 2. The van der Waals surface area contributed by atoms with Crippen molar-refractivity contribution in [2.45, 2.75) is 45.0 Å². The molecule has 7 heteroatoms. The molecule has 1 rings (SSSR count). The van der Waals surface area contributed by atoms with E-state index in [1.165, 1.54) is 6.26 Å². The molecule has 0 saturated heterocycles. The van der Waals surface area contributed by atoms with Crippen molar-refractivity contribution in [1.29, 1.82) is 0 Å². The second-order valence-corrected chi connectivity index (χ2v) is 7.99. The lowest BCUT2D eigenvalue weighted by atomic mass is 10.1. The first-order valence-corrected chi connectivity index (χ1v) is 9.05. The van der Waals surface area contributed by atoms with Crippen LogP contribution in [-0.4, -0.2) is 42.8 Å². The van der Waals surface area contributed by atoms with Gasteiger partial charge in [-0.05, 0) is 43.7 Å². The van der Waals surface area contributed by atoms with Crippen molar-refractivity contribution >= 4 is 25.8 Å². The van der Waals surface area contributed by atoms with E-state index in [9.17, 15) is 8.42 Å². The summed E-state index contributed by atoms with van der Waals surface area (Å²) >= 11 is 3.54. The highest BCUT2D eigenvalue weighted by Crippen LogP contribution is 2.23. The highest BCUT2D eigenvalue weighted by atomic mass is 79.9. The van der Waals surface area contributed by atoms with E-state index in [1.54, 1.807) is 14.0 Å². The summed E-state index contributed by atoms with van der Waals surface area (Å²) in [6, 6.07) is -0.132. The Morgan fingerprint density at radius 2 is 2.05 bits per heavy atom. The number of sulfone groups is 1. The SMILES string of the molecule is CCn1nc(C)c(Br)c1CC(NC)C(C)S(C)(=O)=O. The van der Waals surface area contributed by atoms with Crippen LogP contribution in [0.25, 0.3) is 0 Å². The van der Waals surface area contributed by atoms with Crippen molar-refractivity contribution in [2.75, 3.05) is 13.3 Å². The quantitative estimate of drug-likeness (QED) is 0.844. The molecule has 2 atom stereocenters. The monoisotopic (exact) mass is 351 g/mol. The Hall–Kier alpha value is -0.400. The van der Waals surface area contributed by atoms with Gasteiger partial charge in [0, 0.05) is 25.3 Å². The summed E-state index contributed by atoms with van der Waals surface area (Å²) in [5, 5.41) is 7.09. The van der Waals surface area contributed by atoms with E-state index in [4.69, 9.17) is 0 Å². The summed E-state index contributed by atoms with van der Waals surface area (Å²) in [6.07, 6.45) is 1.90. The molecule has 0 bridgehead atoms. The van der Waals surface area contributed by atoms with Crippen LogP contribution in [0, 0.1) is 6.92 Å². The molecule has 0 saturated carbocycles. The maximum Gasteiger partial charge on any atom is 0.151 e. The fourth-order valence-electron chi connectivity index (χ4n) is 2.07. The predicted octanol–water partition coefficient (Wildman–Crippen LogP) is 1.54. The number of hydrogen-bond acceptors (Lipinski definition) is 4. The summed E-state index contributed by atoms with van der Waals surface area (Å²) in [7, 11) is -1.28. The van der Waals surface area contributed by atoms with Crippen LogP contribution in [0.2, 0.25) is 0 Å². The minimum absolute atomic E-state index is 0.132. The van der Waals surface area contributed by atoms with Gasteiger partial charge >= 0.3 is 0 Å². The van der Waals surface area contributed by atoms with E-state index in [1.807, 2.05) is 18.5 Å². The van der Waals surface area contributed by atoms with Crippen molar-refractivity contribution in [3.63, 3.8) is 0 Å². The lowest BCUT2D eigenvalue weighted by molar-refractivity contribution is 0.495. The van der Waals surface area contributed by atoms with E-state index >= 15 is 0 Å². The van der Waals surface area contributed by atoms with Gasteiger partial charge in [0.1, 0.15) is 0 Å². The van der Waals surface area contributed by atoms with Crippen molar-refractivity contribution in [1.82, 2.24) is 15.1 Å². The van der Waals surface area contributed by atoms with Gasteiger partial charge in [0.15, 0.2) is 9.84 Å². The topological polar surface area (TPSA) is 64.0 Å². The normalized spacial score (nSPS) is 15.5. The molecule has 1 aromatic heterocycles. The van der Waals surface area contributed by atoms with Crippen molar-refractivity contribution in [3.05, 3.63) is 15.9 Å². The average Bonchev–Trinajstić information content (AvgIpc) is 2.60. The van der Waals surface area contributed by atoms with E-state index in [-0.39, 0.29) is 6.04 Å². The highest BCUT2D eigenvalue weighted by molar-refractivity contribution is 9.10. The van der Waals surface area contributed by atoms with Crippen molar-refractivity contribution in [3.8, 4) is 0 Å². The van der Waals surface area contributed by atoms with Crippen LogP contribution in [0.1, 0.15) is 25.2 Å². The molecule has 110 valence electrons. The molecule has 0 aliphatic rings. The number of nitrogens with one attached hydrogen (secondary N) is 1. The van der Waals surface area contributed by atoms with Crippen LogP contribution in [0.5, 0.6) is 0 Å². The van der Waals surface area contributed by atoms with Gasteiger partial charge in [-0.2, -0.15) is 5.10 Å². The first-order chi connectivity index (χ1) is 8.72. The fraction of sp³-hybridized carbons (Fsp3) is 0.750. The maximum atomic E-state index is 11.7. The molecular weight excluding hydrogens is 330 g/mol. The zero-order valence-corrected chi connectivity index (χ0v) is 14.5. The fourth-order valence-corrected chi connectivity index (χ4v) is 3.35. The van der Waals surface area contributed by atoms with Crippen LogP contribution in [0.15, 0.2) is 4.47 Å². The summed E-state index contributed by atoms with van der Waals surface area (Å²) in [4.78, 5) is 0. The van der Waals surface area contributed by atoms with Crippen LogP contribution in [0.3, 0.4) is 0 Å². The van der Waals surface area contributed by atoms with E-state index in [2.05, 4.69) is 26.3 Å². The molecule has 1 heterocycles. The highest BCUT2D eigenvalue weighted by Gasteiger charge is 2.27. The molecular formula is C12H22BrN3O2S. The number of likely N-dealkylation sites (N-methyl/N-ethyl adjacent to an activating group) is 1. The lowest BCUT2D eigenvalue weighted by Gasteiger charge is -2.22. The zero-order valence-electron chi connectivity index (χ0n) is 12.1. The smallest absolute Gasteiger partial charge is 0.151 e. The zero-order chi connectivity index (χ0) is 14.8. The molecule has 0 aliphatic heterocycles. The first-order valence-electron chi connectivity index (χ1n) is 6.30. The number of rotatable bonds is 6. The molecule has 0 fully saturated rings. The second-order valence-electron chi connectivity index (χ2n) is 4.80. The standard InChI is InChI=1S/C12H22BrN3O2S/c1-6-16-11(12(13)8(2)15-16)7-10(14-4)9(3)19(5,17)18/h9-10,14H,6-7H2,1-5H3. The Bertz CT molecular complexity index is 539. The van der Waals surface area contributed by atoms with Gasteiger partial charge in [-0.3, -0.25) is 4.68 Å². The van der Waals surface area contributed by atoms with Gasteiger partial charge in [0.25, 0.3) is 0 Å². The van der Waals surface area contributed by atoms with E-state index in [0.29, 0.717) is 6.42 Å².